The Hall–Kier alpha value is -2.14. The standard InChI is InChI=1S/C16H19N5/c1-11-2-3-12-8-17-9-14(21(12)7-5-11)16-15-13(4-6-18-16)19-10-20-15/h3,5,7-11,16,18H,2,4,6H2,1H3,(H,19,20). The molecule has 0 amide bonds. The van der Waals surface area contributed by atoms with Crippen molar-refractivity contribution in [1.82, 2.24) is 20.2 Å². The third-order valence-electron chi connectivity index (χ3n) is 4.28. The van der Waals surface area contributed by atoms with Gasteiger partial charge in [0.1, 0.15) is 0 Å². The Balaban J connectivity index is 1.74. The van der Waals surface area contributed by atoms with Gasteiger partial charge in [0, 0.05) is 31.1 Å². The van der Waals surface area contributed by atoms with Gasteiger partial charge in [-0.15, -0.1) is 0 Å². The highest BCUT2D eigenvalue weighted by Crippen LogP contribution is 2.33. The number of aromatic amines is 1. The monoisotopic (exact) mass is 281 g/mol. The van der Waals surface area contributed by atoms with Gasteiger partial charge in [0.05, 0.1) is 35.7 Å². The van der Waals surface area contributed by atoms with E-state index in [4.69, 9.17) is 0 Å². The lowest BCUT2D eigenvalue weighted by Crippen LogP contribution is -2.36. The maximum atomic E-state index is 4.51. The molecule has 0 fully saturated rings. The fourth-order valence-corrected chi connectivity index (χ4v) is 3.08. The molecule has 5 heteroatoms. The first kappa shape index (κ1) is 12.6. The molecule has 108 valence electrons. The Kier molecular flexibility index (Phi) is 3.00. The van der Waals surface area contributed by atoms with Crippen molar-refractivity contribution in [2.24, 2.45) is 10.9 Å². The second kappa shape index (κ2) is 5.00. The number of hydrogen-bond donors (Lipinski definition) is 2. The zero-order valence-electron chi connectivity index (χ0n) is 12.1. The third-order valence-corrected chi connectivity index (χ3v) is 4.28. The molecule has 2 atom stereocenters. The van der Waals surface area contributed by atoms with Crippen LogP contribution in [0.4, 0.5) is 0 Å². The van der Waals surface area contributed by atoms with Gasteiger partial charge in [-0.1, -0.05) is 19.1 Å². The van der Waals surface area contributed by atoms with Crippen molar-refractivity contribution in [2.75, 3.05) is 6.54 Å². The van der Waals surface area contributed by atoms with Gasteiger partial charge in [0.2, 0.25) is 0 Å². The number of aromatic nitrogens is 2. The average molecular weight is 281 g/mol. The summed E-state index contributed by atoms with van der Waals surface area (Å²) in [6.45, 7) is 3.19. The Bertz CT molecular complexity index is 664. The van der Waals surface area contributed by atoms with Crippen LogP contribution in [0.2, 0.25) is 0 Å². The molecule has 1 aromatic heterocycles. The molecule has 0 radical (unpaired) electrons. The van der Waals surface area contributed by atoms with Crippen molar-refractivity contribution in [3.8, 4) is 0 Å². The van der Waals surface area contributed by atoms with Crippen LogP contribution in [0, 0.1) is 5.92 Å². The number of aliphatic imine (C=N–C) groups is 1. The van der Waals surface area contributed by atoms with E-state index in [0.717, 1.165) is 36.5 Å². The van der Waals surface area contributed by atoms with Crippen LogP contribution in [0.1, 0.15) is 30.8 Å². The van der Waals surface area contributed by atoms with Crippen molar-refractivity contribution in [1.29, 1.82) is 0 Å². The predicted molar refractivity (Wildman–Crippen MR) is 82.5 cm³/mol. The highest BCUT2D eigenvalue weighted by Gasteiger charge is 2.30. The average Bonchev–Trinajstić information content (AvgIpc) is 2.91. The van der Waals surface area contributed by atoms with Gasteiger partial charge in [-0.2, -0.15) is 0 Å². The molecular formula is C16H19N5. The summed E-state index contributed by atoms with van der Waals surface area (Å²) in [4.78, 5) is 14.4. The van der Waals surface area contributed by atoms with Gasteiger partial charge in [-0.05, 0) is 12.3 Å². The van der Waals surface area contributed by atoms with E-state index >= 15 is 0 Å². The van der Waals surface area contributed by atoms with E-state index in [1.54, 1.807) is 6.33 Å². The lowest BCUT2D eigenvalue weighted by molar-refractivity contribution is 0.449. The van der Waals surface area contributed by atoms with E-state index in [0.29, 0.717) is 5.92 Å². The highest BCUT2D eigenvalue weighted by molar-refractivity contribution is 5.80. The minimum absolute atomic E-state index is 0.0962. The number of H-pyrrole nitrogens is 1. The van der Waals surface area contributed by atoms with E-state index in [2.05, 4.69) is 50.5 Å². The number of fused-ring (bicyclic) bond motifs is 2. The van der Waals surface area contributed by atoms with E-state index in [1.807, 2.05) is 12.4 Å². The van der Waals surface area contributed by atoms with Gasteiger partial charge >= 0.3 is 0 Å². The second-order valence-corrected chi connectivity index (χ2v) is 5.79. The molecule has 1 aromatic rings. The molecule has 3 aliphatic heterocycles. The van der Waals surface area contributed by atoms with Crippen LogP contribution >= 0.6 is 0 Å². The third kappa shape index (κ3) is 2.14. The summed E-state index contributed by atoms with van der Waals surface area (Å²) in [7, 11) is 0. The molecule has 5 nitrogen and oxygen atoms in total. The number of nitrogens with zero attached hydrogens (tertiary/aromatic N) is 3. The first-order chi connectivity index (χ1) is 10.3. The van der Waals surface area contributed by atoms with Crippen molar-refractivity contribution in [3.63, 3.8) is 0 Å². The Labute approximate surface area is 124 Å². The topological polar surface area (TPSA) is 56.3 Å². The molecule has 2 N–H and O–H groups in total. The Morgan fingerprint density at radius 3 is 3.29 bits per heavy atom. The van der Waals surface area contributed by atoms with Crippen LogP contribution in [-0.4, -0.2) is 27.6 Å². The zero-order chi connectivity index (χ0) is 14.2. The molecule has 4 rings (SSSR count). The number of hydrogen-bond acceptors (Lipinski definition) is 4. The summed E-state index contributed by atoms with van der Waals surface area (Å²) < 4.78 is 0. The molecule has 4 heterocycles. The Morgan fingerprint density at radius 1 is 1.38 bits per heavy atom. The fraction of sp³-hybridized carbons (Fsp3) is 0.375. The molecule has 21 heavy (non-hydrogen) atoms. The summed E-state index contributed by atoms with van der Waals surface area (Å²) in [6.07, 6.45) is 14.4. The van der Waals surface area contributed by atoms with Crippen molar-refractivity contribution >= 4 is 6.21 Å². The zero-order valence-corrected chi connectivity index (χ0v) is 12.1. The molecule has 0 saturated heterocycles. The van der Waals surface area contributed by atoms with Gasteiger partial charge in [-0.3, -0.25) is 4.99 Å². The molecule has 0 aromatic carbocycles. The normalized spacial score (nSPS) is 27.6. The Morgan fingerprint density at radius 2 is 2.33 bits per heavy atom. The van der Waals surface area contributed by atoms with Crippen LogP contribution in [0.15, 0.2) is 47.3 Å². The second-order valence-electron chi connectivity index (χ2n) is 5.79. The maximum absolute atomic E-state index is 4.51. The molecule has 0 spiro atoms. The summed E-state index contributed by atoms with van der Waals surface area (Å²) in [6, 6.07) is 0.0962. The molecule has 2 unspecified atom stereocenters. The van der Waals surface area contributed by atoms with Crippen molar-refractivity contribution < 1.29 is 0 Å². The van der Waals surface area contributed by atoms with Crippen LogP contribution in [0.3, 0.4) is 0 Å². The summed E-state index contributed by atoms with van der Waals surface area (Å²) >= 11 is 0. The van der Waals surface area contributed by atoms with Crippen molar-refractivity contribution in [2.45, 2.75) is 25.8 Å². The molecule has 3 aliphatic rings. The SMILES string of the molecule is CC1C=CN2C(=CC1)C=NC=C2C1NCCc2[nH]cnc21. The molecule has 0 aliphatic carbocycles. The number of imidazole rings is 1. The number of rotatable bonds is 1. The van der Waals surface area contributed by atoms with Crippen LogP contribution < -0.4 is 5.32 Å². The molecule has 0 saturated carbocycles. The van der Waals surface area contributed by atoms with E-state index < -0.39 is 0 Å². The van der Waals surface area contributed by atoms with Gasteiger partial charge < -0.3 is 15.2 Å². The van der Waals surface area contributed by atoms with Gasteiger partial charge in [0.15, 0.2) is 0 Å². The minimum Gasteiger partial charge on any atom is -0.348 e. The maximum Gasteiger partial charge on any atom is 0.0942 e. The lowest BCUT2D eigenvalue weighted by Gasteiger charge is -2.33. The van der Waals surface area contributed by atoms with E-state index in [9.17, 15) is 0 Å². The van der Waals surface area contributed by atoms with Crippen LogP contribution in [-0.2, 0) is 6.42 Å². The van der Waals surface area contributed by atoms with Gasteiger partial charge in [0.25, 0.3) is 0 Å². The van der Waals surface area contributed by atoms with Crippen LogP contribution in [0.5, 0.6) is 0 Å². The summed E-state index contributed by atoms with van der Waals surface area (Å²) in [5.41, 5.74) is 4.61. The number of nitrogens with one attached hydrogen (secondary N) is 2. The minimum atomic E-state index is 0.0962. The van der Waals surface area contributed by atoms with Crippen LogP contribution in [0.25, 0.3) is 0 Å². The first-order valence-electron chi connectivity index (χ1n) is 7.49. The predicted octanol–water partition coefficient (Wildman–Crippen LogP) is 2.26. The fourth-order valence-electron chi connectivity index (χ4n) is 3.08. The quantitative estimate of drug-likeness (QED) is 0.830. The van der Waals surface area contributed by atoms with E-state index in [-0.39, 0.29) is 6.04 Å². The summed E-state index contributed by atoms with van der Waals surface area (Å²) in [5, 5.41) is 3.57. The lowest BCUT2D eigenvalue weighted by atomic mass is 10.0. The first-order valence-corrected chi connectivity index (χ1v) is 7.49. The highest BCUT2D eigenvalue weighted by atomic mass is 15.2. The summed E-state index contributed by atoms with van der Waals surface area (Å²) in [5.74, 6) is 0.554. The number of allylic oxidation sites excluding steroid dienone is 3. The molecule has 0 bridgehead atoms. The smallest absolute Gasteiger partial charge is 0.0942 e. The van der Waals surface area contributed by atoms with Crippen molar-refractivity contribution in [3.05, 3.63) is 53.7 Å². The molecular weight excluding hydrogens is 262 g/mol. The van der Waals surface area contributed by atoms with Gasteiger partial charge in [-0.25, -0.2) is 4.98 Å². The largest absolute Gasteiger partial charge is 0.348 e. The van der Waals surface area contributed by atoms with E-state index in [1.165, 1.54) is 5.69 Å².